The summed E-state index contributed by atoms with van der Waals surface area (Å²) in [6.07, 6.45) is 1.51. The Labute approximate surface area is 143 Å². The van der Waals surface area contributed by atoms with Crippen LogP contribution in [0.3, 0.4) is 0 Å². The van der Waals surface area contributed by atoms with Crippen LogP contribution in [0.5, 0.6) is 11.5 Å². The van der Waals surface area contributed by atoms with Crippen LogP contribution in [0.2, 0.25) is 0 Å². The molecule has 0 N–H and O–H groups in total. The highest BCUT2D eigenvalue weighted by molar-refractivity contribution is 5.60. The third-order valence-electron chi connectivity index (χ3n) is 3.72. The molecule has 0 fully saturated rings. The molecule has 0 heterocycles. The van der Waals surface area contributed by atoms with Gasteiger partial charge in [0.05, 0.1) is 25.4 Å². The number of nitriles is 2. The first-order valence-electron chi connectivity index (χ1n) is 7.85. The predicted octanol–water partition coefficient (Wildman–Crippen LogP) is 3.04. The summed E-state index contributed by atoms with van der Waals surface area (Å²) in [6.45, 7) is 4.68. The Bertz CT molecular complexity index is 551. The van der Waals surface area contributed by atoms with Crippen molar-refractivity contribution in [1.82, 2.24) is 0 Å². The number of methoxy groups -OCH3 is 2. The SMILES string of the molecule is COC(C)CCOc1ccc(OCCC(C)OC)c(C#N)c1C#N. The summed E-state index contributed by atoms with van der Waals surface area (Å²) in [7, 11) is 3.27. The number of benzene rings is 1. The Hall–Kier alpha value is -2.28. The standard InChI is InChI=1S/C18H24N2O4/c1-13(21-3)7-9-23-17-5-6-18(16(12-20)15(17)11-19)24-10-8-14(2)22-4/h5-6,13-14H,7-10H2,1-4H3. The maximum Gasteiger partial charge on any atom is 0.138 e. The molecular weight excluding hydrogens is 308 g/mol. The largest absolute Gasteiger partial charge is 0.492 e. The minimum Gasteiger partial charge on any atom is -0.492 e. The smallest absolute Gasteiger partial charge is 0.138 e. The molecule has 130 valence electrons. The van der Waals surface area contributed by atoms with E-state index in [1.165, 1.54) is 0 Å². The van der Waals surface area contributed by atoms with Gasteiger partial charge in [-0.1, -0.05) is 0 Å². The van der Waals surface area contributed by atoms with Crippen LogP contribution in [0.25, 0.3) is 0 Å². The Kier molecular flexibility index (Phi) is 8.64. The maximum absolute atomic E-state index is 9.38. The zero-order valence-corrected chi connectivity index (χ0v) is 14.7. The lowest BCUT2D eigenvalue weighted by molar-refractivity contribution is 0.0947. The lowest BCUT2D eigenvalue weighted by atomic mass is 10.1. The molecule has 0 aliphatic rings. The van der Waals surface area contributed by atoms with Crippen LogP contribution in [0.15, 0.2) is 12.1 Å². The Morgan fingerprint density at radius 2 is 1.21 bits per heavy atom. The van der Waals surface area contributed by atoms with E-state index in [4.69, 9.17) is 18.9 Å². The van der Waals surface area contributed by atoms with Crippen LogP contribution in [-0.2, 0) is 9.47 Å². The average molecular weight is 332 g/mol. The summed E-state index contributed by atoms with van der Waals surface area (Å²) in [5.74, 6) is 0.768. The normalized spacial score (nSPS) is 12.8. The van der Waals surface area contributed by atoms with Crippen molar-refractivity contribution in [2.75, 3.05) is 27.4 Å². The molecule has 6 heteroatoms. The molecule has 0 saturated heterocycles. The molecule has 0 saturated carbocycles. The molecule has 1 aromatic carbocycles. The van der Waals surface area contributed by atoms with Gasteiger partial charge in [-0.15, -0.1) is 0 Å². The van der Waals surface area contributed by atoms with E-state index in [2.05, 4.69) is 0 Å². The zero-order valence-electron chi connectivity index (χ0n) is 14.7. The van der Waals surface area contributed by atoms with E-state index in [0.717, 1.165) is 0 Å². The molecule has 1 rings (SSSR count). The van der Waals surface area contributed by atoms with Crippen molar-refractivity contribution in [3.05, 3.63) is 23.3 Å². The van der Waals surface area contributed by atoms with Crippen LogP contribution in [0, 0.1) is 22.7 Å². The van der Waals surface area contributed by atoms with Crippen molar-refractivity contribution in [3.8, 4) is 23.6 Å². The van der Waals surface area contributed by atoms with Gasteiger partial charge in [0, 0.05) is 27.1 Å². The molecule has 1 aromatic rings. The zero-order chi connectivity index (χ0) is 17.9. The van der Waals surface area contributed by atoms with Gasteiger partial charge in [0.1, 0.15) is 34.8 Å². The monoisotopic (exact) mass is 332 g/mol. The number of rotatable bonds is 10. The summed E-state index contributed by atoms with van der Waals surface area (Å²) in [6, 6.07) is 7.39. The third kappa shape index (κ3) is 5.73. The van der Waals surface area contributed by atoms with Crippen molar-refractivity contribution in [1.29, 1.82) is 10.5 Å². The molecule has 2 unspecified atom stereocenters. The molecule has 0 amide bonds. The molecule has 6 nitrogen and oxygen atoms in total. The average Bonchev–Trinajstić information content (AvgIpc) is 2.61. The van der Waals surface area contributed by atoms with Crippen molar-refractivity contribution in [2.45, 2.75) is 38.9 Å². The number of hydrogen-bond acceptors (Lipinski definition) is 6. The Morgan fingerprint density at radius 1 is 0.833 bits per heavy atom. The first-order chi connectivity index (χ1) is 11.6. The molecule has 0 spiro atoms. The van der Waals surface area contributed by atoms with Crippen molar-refractivity contribution in [2.24, 2.45) is 0 Å². The van der Waals surface area contributed by atoms with E-state index in [-0.39, 0.29) is 23.3 Å². The number of nitrogens with zero attached hydrogens (tertiary/aromatic N) is 2. The van der Waals surface area contributed by atoms with E-state index in [9.17, 15) is 10.5 Å². The second-order valence-corrected chi connectivity index (χ2v) is 5.40. The van der Waals surface area contributed by atoms with E-state index in [1.807, 2.05) is 26.0 Å². The molecule has 0 aromatic heterocycles. The van der Waals surface area contributed by atoms with E-state index in [0.29, 0.717) is 37.6 Å². The van der Waals surface area contributed by atoms with Crippen LogP contribution in [0.4, 0.5) is 0 Å². The molecule has 2 atom stereocenters. The van der Waals surface area contributed by atoms with E-state index < -0.39 is 0 Å². The van der Waals surface area contributed by atoms with Crippen molar-refractivity contribution in [3.63, 3.8) is 0 Å². The quantitative estimate of drug-likeness (QED) is 0.655. The van der Waals surface area contributed by atoms with Gasteiger partial charge in [0.25, 0.3) is 0 Å². The summed E-state index contributed by atoms with van der Waals surface area (Å²) in [5.41, 5.74) is 0.389. The topological polar surface area (TPSA) is 84.5 Å². The first-order valence-corrected chi connectivity index (χ1v) is 7.85. The summed E-state index contributed by atoms with van der Waals surface area (Å²) in [5, 5.41) is 18.8. The van der Waals surface area contributed by atoms with Gasteiger partial charge in [0.2, 0.25) is 0 Å². The highest BCUT2D eigenvalue weighted by Crippen LogP contribution is 2.30. The van der Waals surface area contributed by atoms with E-state index in [1.54, 1.807) is 26.4 Å². The Balaban J connectivity index is 2.83. The predicted molar refractivity (Wildman–Crippen MR) is 89.0 cm³/mol. The summed E-state index contributed by atoms with van der Waals surface area (Å²) in [4.78, 5) is 0. The Morgan fingerprint density at radius 3 is 1.50 bits per heavy atom. The summed E-state index contributed by atoms with van der Waals surface area (Å²) < 4.78 is 21.6. The molecular formula is C18H24N2O4. The number of ether oxygens (including phenoxy) is 4. The second-order valence-electron chi connectivity index (χ2n) is 5.40. The maximum atomic E-state index is 9.38. The van der Waals surface area contributed by atoms with Crippen LogP contribution < -0.4 is 9.47 Å². The van der Waals surface area contributed by atoms with Crippen molar-refractivity contribution < 1.29 is 18.9 Å². The summed E-state index contributed by atoms with van der Waals surface area (Å²) >= 11 is 0. The lowest BCUT2D eigenvalue weighted by Crippen LogP contribution is -2.12. The molecule has 24 heavy (non-hydrogen) atoms. The minimum absolute atomic E-state index is 0.0661. The van der Waals surface area contributed by atoms with Gasteiger partial charge in [-0.05, 0) is 26.0 Å². The van der Waals surface area contributed by atoms with Crippen molar-refractivity contribution >= 4 is 0 Å². The second kappa shape index (κ2) is 10.5. The van der Waals surface area contributed by atoms with Gasteiger partial charge in [-0.25, -0.2) is 0 Å². The third-order valence-corrected chi connectivity index (χ3v) is 3.72. The van der Waals surface area contributed by atoms with Gasteiger partial charge < -0.3 is 18.9 Å². The van der Waals surface area contributed by atoms with Crippen LogP contribution in [0.1, 0.15) is 37.8 Å². The fourth-order valence-electron chi connectivity index (χ4n) is 1.93. The molecule has 0 radical (unpaired) electrons. The highest BCUT2D eigenvalue weighted by atomic mass is 16.5. The highest BCUT2D eigenvalue weighted by Gasteiger charge is 2.16. The number of hydrogen-bond donors (Lipinski definition) is 0. The minimum atomic E-state index is 0.0661. The van der Waals surface area contributed by atoms with Gasteiger partial charge in [0.15, 0.2) is 0 Å². The van der Waals surface area contributed by atoms with Gasteiger partial charge in [-0.3, -0.25) is 0 Å². The molecule has 0 aliphatic heterocycles. The fourth-order valence-corrected chi connectivity index (χ4v) is 1.93. The van der Waals surface area contributed by atoms with Crippen LogP contribution >= 0.6 is 0 Å². The van der Waals surface area contributed by atoms with Gasteiger partial charge >= 0.3 is 0 Å². The van der Waals surface area contributed by atoms with Gasteiger partial charge in [-0.2, -0.15) is 10.5 Å². The first kappa shape index (κ1) is 19.8. The van der Waals surface area contributed by atoms with E-state index >= 15 is 0 Å². The lowest BCUT2D eigenvalue weighted by Gasteiger charge is -2.15. The fraction of sp³-hybridized carbons (Fsp3) is 0.556. The molecule has 0 aliphatic carbocycles. The van der Waals surface area contributed by atoms with Crippen LogP contribution in [-0.4, -0.2) is 39.6 Å². The molecule has 0 bridgehead atoms.